The molecule has 1 aliphatic heterocycles. The van der Waals surface area contributed by atoms with E-state index in [1.54, 1.807) is 10.6 Å². The minimum atomic E-state index is -0.163. The molecule has 0 bridgehead atoms. The highest BCUT2D eigenvalue weighted by molar-refractivity contribution is 9.10. The van der Waals surface area contributed by atoms with Crippen LogP contribution < -0.4 is 15.9 Å². The van der Waals surface area contributed by atoms with Gasteiger partial charge in [-0.15, -0.1) is 0 Å². The first kappa shape index (κ1) is 22.2. The van der Waals surface area contributed by atoms with Crippen molar-refractivity contribution in [1.82, 2.24) is 9.55 Å². The molecule has 168 valence electrons. The molecular weight excluding hydrogens is 512 g/mol. The van der Waals surface area contributed by atoms with Crippen molar-refractivity contribution in [2.75, 3.05) is 11.1 Å². The average Bonchev–Trinajstić information content (AvgIpc) is 3.40. The van der Waals surface area contributed by atoms with Crippen molar-refractivity contribution in [2.24, 2.45) is 4.99 Å². The second kappa shape index (κ2) is 9.70. The molecule has 4 aromatic rings. The highest BCUT2D eigenvalue weighted by Gasteiger charge is 2.19. The standard InChI is InChI=1S/C26H19BrN4O2S/c27-18-10-12-19(13-11-18)29-24(32)16-34-26-30-23(25(33)31(26)21-7-2-1-3-8-21)15-20-14-17-6-4-5-9-22(17)28-20/h1-15,33H,16H2,(H,29,32)/b20-15-. The molecule has 0 spiro atoms. The number of allylic oxidation sites excluding steroid dienone is 1. The summed E-state index contributed by atoms with van der Waals surface area (Å²) in [6, 6.07) is 24.7. The number of benzene rings is 3. The molecule has 0 atom stereocenters. The SMILES string of the molecule is O=C(CSc1nc(/C=C2/C=c3ccccc3=N2)c(O)n1-c1ccccc1)Nc1ccc(Br)cc1. The topological polar surface area (TPSA) is 79.5 Å². The third-order valence-corrected chi connectivity index (χ3v) is 6.56. The fourth-order valence-electron chi connectivity index (χ4n) is 3.53. The van der Waals surface area contributed by atoms with Gasteiger partial charge in [-0.3, -0.25) is 9.36 Å². The van der Waals surface area contributed by atoms with Gasteiger partial charge in [0.2, 0.25) is 11.8 Å². The summed E-state index contributed by atoms with van der Waals surface area (Å²) in [5.41, 5.74) is 2.57. The van der Waals surface area contributed by atoms with Crippen molar-refractivity contribution in [3.8, 4) is 11.6 Å². The third-order valence-electron chi connectivity index (χ3n) is 5.10. The number of hydrogen-bond donors (Lipinski definition) is 2. The van der Waals surface area contributed by atoms with E-state index in [-0.39, 0.29) is 17.5 Å². The molecule has 34 heavy (non-hydrogen) atoms. The molecule has 0 saturated heterocycles. The van der Waals surface area contributed by atoms with E-state index in [9.17, 15) is 9.90 Å². The molecule has 0 fully saturated rings. The monoisotopic (exact) mass is 530 g/mol. The number of thioether (sulfide) groups is 1. The first-order valence-corrected chi connectivity index (χ1v) is 12.3. The van der Waals surface area contributed by atoms with Crippen molar-refractivity contribution >= 4 is 51.4 Å². The molecule has 6 nitrogen and oxygen atoms in total. The normalized spacial score (nSPS) is 13.3. The van der Waals surface area contributed by atoms with Gasteiger partial charge in [0, 0.05) is 15.4 Å². The van der Waals surface area contributed by atoms with Crippen LogP contribution in [0.2, 0.25) is 0 Å². The number of para-hydroxylation sites is 2. The highest BCUT2D eigenvalue weighted by Crippen LogP contribution is 2.32. The van der Waals surface area contributed by atoms with E-state index in [1.807, 2.05) is 84.9 Å². The Bertz CT molecular complexity index is 1480. The van der Waals surface area contributed by atoms with E-state index in [0.29, 0.717) is 22.2 Å². The van der Waals surface area contributed by atoms with Gasteiger partial charge < -0.3 is 10.4 Å². The Kier molecular flexibility index (Phi) is 6.33. The zero-order chi connectivity index (χ0) is 23.5. The Morgan fingerprint density at radius 2 is 1.76 bits per heavy atom. The number of halogens is 1. The predicted octanol–water partition coefficient (Wildman–Crippen LogP) is 4.53. The summed E-state index contributed by atoms with van der Waals surface area (Å²) in [5, 5.41) is 16.3. The van der Waals surface area contributed by atoms with Crippen LogP contribution in [0.3, 0.4) is 0 Å². The number of carbonyl (C=O) groups excluding carboxylic acids is 1. The lowest BCUT2D eigenvalue weighted by Crippen LogP contribution is -2.19. The van der Waals surface area contributed by atoms with Crippen LogP contribution in [0.5, 0.6) is 5.88 Å². The Hall–Kier alpha value is -3.62. The summed E-state index contributed by atoms with van der Waals surface area (Å²) in [5.74, 6) is -0.0323. The van der Waals surface area contributed by atoms with Crippen LogP contribution >= 0.6 is 27.7 Å². The van der Waals surface area contributed by atoms with Gasteiger partial charge in [-0.05, 0) is 54.6 Å². The van der Waals surface area contributed by atoms with Gasteiger partial charge in [0.25, 0.3) is 0 Å². The lowest BCUT2D eigenvalue weighted by atomic mass is 10.2. The summed E-state index contributed by atoms with van der Waals surface area (Å²) in [6.07, 6.45) is 3.70. The zero-order valence-electron chi connectivity index (χ0n) is 17.9. The molecule has 0 saturated carbocycles. The molecule has 0 unspecified atom stereocenters. The van der Waals surface area contributed by atoms with Crippen molar-refractivity contribution in [3.63, 3.8) is 0 Å². The third kappa shape index (κ3) is 4.83. The fraction of sp³-hybridized carbons (Fsp3) is 0.0385. The fourth-order valence-corrected chi connectivity index (χ4v) is 4.61. The Morgan fingerprint density at radius 3 is 2.53 bits per heavy atom. The maximum Gasteiger partial charge on any atom is 0.234 e. The number of nitrogens with one attached hydrogen (secondary N) is 1. The minimum Gasteiger partial charge on any atom is -0.493 e. The molecule has 8 heteroatoms. The first-order chi connectivity index (χ1) is 16.6. The number of anilines is 1. The van der Waals surface area contributed by atoms with Crippen LogP contribution in [0.15, 0.2) is 99.2 Å². The van der Waals surface area contributed by atoms with Crippen molar-refractivity contribution < 1.29 is 9.90 Å². The average molecular weight is 531 g/mol. The van der Waals surface area contributed by atoms with Crippen LogP contribution in [-0.2, 0) is 4.79 Å². The van der Waals surface area contributed by atoms with Gasteiger partial charge in [0.1, 0.15) is 5.69 Å². The quantitative estimate of drug-likeness (QED) is 0.359. The molecule has 5 rings (SSSR count). The van der Waals surface area contributed by atoms with E-state index in [4.69, 9.17) is 0 Å². The van der Waals surface area contributed by atoms with Crippen molar-refractivity contribution in [1.29, 1.82) is 0 Å². The van der Waals surface area contributed by atoms with Crippen LogP contribution in [0.25, 0.3) is 17.8 Å². The molecule has 1 aromatic heterocycles. The number of imidazole rings is 1. The van der Waals surface area contributed by atoms with Gasteiger partial charge in [-0.1, -0.05) is 64.1 Å². The summed E-state index contributed by atoms with van der Waals surface area (Å²) < 4.78 is 2.59. The Balaban J connectivity index is 1.43. The molecule has 2 heterocycles. The van der Waals surface area contributed by atoms with Crippen molar-refractivity contribution in [3.05, 3.63) is 105 Å². The molecule has 1 aliphatic rings. The lowest BCUT2D eigenvalue weighted by molar-refractivity contribution is -0.113. The van der Waals surface area contributed by atoms with Gasteiger partial charge in [0.15, 0.2) is 5.16 Å². The maximum absolute atomic E-state index is 12.5. The smallest absolute Gasteiger partial charge is 0.234 e. The summed E-state index contributed by atoms with van der Waals surface area (Å²) in [4.78, 5) is 21.8. The number of nitrogens with zero attached hydrogens (tertiary/aromatic N) is 3. The van der Waals surface area contributed by atoms with Gasteiger partial charge in [-0.2, -0.15) is 0 Å². The van der Waals surface area contributed by atoms with Crippen LogP contribution in [-0.4, -0.2) is 26.3 Å². The van der Waals surface area contributed by atoms with Gasteiger partial charge in [-0.25, -0.2) is 9.98 Å². The summed E-state index contributed by atoms with van der Waals surface area (Å²) >= 11 is 4.64. The van der Waals surface area contributed by atoms with E-state index in [2.05, 4.69) is 31.2 Å². The molecular formula is C26H19BrN4O2S. The van der Waals surface area contributed by atoms with Gasteiger partial charge >= 0.3 is 0 Å². The molecule has 3 aromatic carbocycles. The van der Waals surface area contributed by atoms with E-state index in [0.717, 1.165) is 20.7 Å². The second-order valence-electron chi connectivity index (χ2n) is 7.50. The van der Waals surface area contributed by atoms with Gasteiger partial charge in [0.05, 0.1) is 22.5 Å². The number of amides is 1. The first-order valence-electron chi connectivity index (χ1n) is 10.5. The summed E-state index contributed by atoms with van der Waals surface area (Å²) in [7, 11) is 0. The number of hydrogen-bond acceptors (Lipinski definition) is 5. The van der Waals surface area contributed by atoms with Crippen LogP contribution in [0.1, 0.15) is 5.69 Å². The minimum absolute atomic E-state index is 0.00549. The maximum atomic E-state index is 12.5. The van der Waals surface area contributed by atoms with E-state index < -0.39 is 0 Å². The number of rotatable bonds is 6. The highest BCUT2D eigenvalue weighted by atomic mass is 79.9. The van der Waals surface area contributed by atoms with Crippen LogP contribution in [0, 0.1) is 0 Å². The lowest BCUT2D eigenvalue weighted by Gasteiger charge is -2.09. The molecule has 1 amide bonds. The largest absolute Gasteiger partial charge is 0.493 e. The Morgan fingerprint density at radius 1 is 1.03 bits per heavy atom. The van der Waals surface area contributed by atoms with E-state index in [1.165, 1.54) is 11.8 Å². The Labute approximate surface area is 208 Å². The number of fused-ring (bicyclic) bond motifs is 1. The molecule has 2 N–H and O–H groups in total. The van der Waals surface area contributed by atoms with E-state index >= 15 is 0 Å². The number of aromatic hydroxyl groups is 1. The molecule has 0 aliphatic carbocycles. The van der Waals surface area contributed by atoms with Crippen molar-refractivity contribution in [2.45, 2.75) is 5.16 Å². The second-order valence-corrected chi connectivity index (χ2v) is 9.36. The number of carbonyl (C=O) groups is 1. The number of aromatic nitrogens is 2. The predicted molar refractivity (Wildman–Crippen MR) is 138 cm³/mol. The summed E-state index contributed by atoms with van der Waals surface area (Å²) in [6.45, 7) is 0. The molecule has 0 radical (unpaired) electrons. The van der Waals surface area contributed by atoms with Crippen LogP contribution in [0.4, 0.5) is 5.69 Å². The zero-order valence-corrected chi connectivity index (χ0v) is 20.3.